The Balaban J connectivity index is 1.25. The molecule has 0 spiro atoms. The first-order chi connectivity index (χ1) is 14.7. The lowest BCUT2D eigenvalue weighted by atomic mass is 10.1. The summed E-state index contributed by atoms with van der Waals surface area (Å²) in [4.78, 5) is 17.1. The number of hydrogen-bond donors (Lipinski definition) is 1. The second kappa shape index (κ2) is 9.55. The van der Waals surface area contributed by atoms with Gasteiger partial charge in [0.1, 0.15) is 5.82 Å². The van der Waals surface area contributed by atoms with Gasteiger partial charge in [0, 0.05) is 44.1 Å². The van der Waals surface area contributed by atoms with Crippen LogP contribution in [0.5, 0.6) is 0 Å². The van der Waals surface area contributed by atoms with Crippen LogP contribution in [-0.4, -0.2) is 37.0 Å². The molecular formula is C25H26FN3O. The minimum absolute atomic E-state index is 0.105. The van der Waals surface area contributed by atoms with Crippen molar-refractivity contribution in [1.29, 1.82) is 0 Å². The van der Waals surface area contributed by atoms with Crippen molar-refractivity contribution in [3.63, 3.8) is 0 Å². The van der Waals surface area contributed by atoms with E-state index < -0.39 is 0 Å². The largest absolute Gasteiger partial charge is 0.369 e. The molecule has 0 saturated carbocycles. The number of carbonyl (C=O) groups is 1. The zero-order valence-electron chi connectivity index (χ0n) is 16.9. The van der Waals surface area contributed by atoms with E-state index in [1.807, 2.05) is 12.1 Å². The Morgan fingerprint density at radius 2 is 1.43 bits per heavy atom. The molecule has 1 aliphatic rings. The molecule has 1 amide bonds. The van der Waals surface area contributed by atoms with Crippen LogP contribution in [0.3, 0.4) is 0 Å². The SMILES string of the molecule is O=C(Cc1ccc(F)cc1)Nc1ccc(CN2CCN(c3ccccc3)CC2)cc1. The Labute approximate surface area is 176 Å². The van der Waals surface area contributed by atoms with E-state index in [0.717, 1.165) is 44.0 Å². The van der Waals surface area contributed by atoms with Crippen molar-refractivity contribution in [2.24, 2.45) is 0 Å². The fraction of sp³-hybridized carbons (Fsp3) is 0.240. The molecule has 0 bridgehead atoms. The Kier molecular flexibility index (Phi) is 6.40. The maximum absolute atomic E-state index is 13.0. The zero-order valence-corrected chi connectivity index (χ0v) is 16.9. The fourth-order valence-corrected chi connectivity index (χ4v) is 3.75. The number of hydrogen-bond acceptors (Lipinski definition) is 3. The van der Waals surface area contributed by atoms with Gasteiger partial charge >= 0.3 is 0 Å². The molecule has 1 fully saturated rings. The smallest absolute Gasteiger partial charge is 0.228 e. The van der Waals surface area contributed by atoms with Gasteiger partial charge < -0.3 is 10.2 Å². The normalized spacial score (nSPS) is 14.5. The average Bonchev–Trinajstić information content (AvgIpc) is 2.78. The van der Waals surface area contributed by atoms with Gasteiger partial charge in [-0.05, 0) is 47.5 Å². The molecule has 4 rings (SSSR count). The van der Waals surface area contributed by atoms with Crippen molar-refractivity contribution >= 4 is 17.3 Å². The number of anilines is 2. The Bertz CT molecular complexity index is 950. The molecule has 154 valence electrons. The van der Waals surface area contributed by atoms with E-state index in [4.69, 9.17) is 0 Å². The maximum atomic E-state index is 13.0. The standard InChI is InChI=1S/C25H26FN3O/c26-22-10-6-20(7-11-22)18-25(30)27-23-12-8-21(9-13-23)19-28-14-16-29(17-15-28)24-4-2-1-3-5-24/h1-13H,14-19H2,(H,27,30). The molecule has 1 N–H and O–H groups in total. The molecule has 4 nitrogen and oxygen atoms in total. The predicted molar refractivity (Wildman–Crippen MR) is 119 cm³/mol. The molecule has 3 aromatic carbocycles. The van der Waals surface area contributed by atoms with Crippen LogP contribution in [0, 0.1) is 5.82 Å². The molecule has 0 aliphatic carbocycles. The lowest BCUT2D eigenvalue weighted by Crippen LogP contribution is -2.45. The second-order valence-electron chi connectivity index (χ2n) is 7.65. The molecule has 0 atom stereocenters. The molecule has 1 aliphatic heterocycles. The molecule has 5 heteroatoms. The number of rotatable bonds is 6. The highest BCUT2D eigenvalue weighted by Gasteiger charge is 2.17. The number of piperazine rings is 1. The summed E-state index contributed by atoms with van der Waals surface area (Å²) < 4.78 is 13.0. The predicted octanol–water partition coefficient (Wildman–Crippen LogP) is 4.33. The van der Waals surface area contributed by atoms with Gasteiger partial charge in [-0.3, -0.25) is 9.69 Å². The van der Waals surface area contributed by atoms with Crippen LogP contribution in [0.1, 0.15) is 11.1 Å². The third kappa shape index (κ3) is 5.45. The molecule has 1 heterocycles. The Hall–Kier alpha value is -3.18. The van der Waals surface area contributed by atoms with E-state index >= 15 is 0 Å². The summed E-state index contributed by atoms with van der Waals surface area (Å²) in [5.41, 5.74) is 4.09. The van der Waals surface area contributed by atoms with E-state index in [0.29, 0.717) is 0 Å². The first-order valence-corrected chi connectivity index (χ1v) is 10.3. The first kappa shape index (κ1) is 20.1. The van der Waals surface area contributed by atoms with Gasteiger partial charge in [0.05, 0.1) is 6.42 Å². The number of nitrogens with one attached hydrogen (secondary N) is 1. The fourth-order valence-electron chi connectivity index (χ4n) is 3.75. The summed E-state index contributed by atoms with van der Waals surface area (Å²) in [5.74, 6) is -0.400. The minimum atomic E-state index is -0.295. The third-order valence-electron chi connectivity index (χ3n) is 5.42. The van der Waals surface area contributed by atoms with Gasteiger partial charge in [-0.2, -0.15) is 0 Å². The monoisotopic (exact) mass is 403 g/mol. The van der Waals surface area contributed by atoms with Gasteiger partial charge in [-0.25, -0.2) is 4.39 Å². The minimum Gasteiger partial charge on any atom is -0.369 e. The van der Waals surface area contributed by atoms with Crippen LogP contribution in [0.2, 0.25) is 0 Å². The molecule has 1 saturated heterocycles. The highest BCUT2D eigenvalue weighted by Crippen LogP contribution is 2.18. The van der Waals surface area contributed by atoms with Crippen LogP contribution in [-0.2, 0) is 17.8 Å². The van der Waals surface area contributed by atoms with Gasteiger partial charge in [0.15, 0.2) is 0 Å². The summed E-state index contributed by atoms with van der Waals surface area (Å²) in [6.07, 6.45) is 0.230. The van der Waals surface area contributed by atoms with Gasteiger partial charge in [-0.1, -0.05) is 42.5 Å². The summed E-state index contributed by atoms with van der Waals surface area (Å²) in [7, 11) is 0. The molecule has 3 aromatic rings. The van der Waals surface area contributed by atoms with E-state index in [1.165, 1.54) is 23.4 Å². The van der Waals surface area contributed by atoms with Crippen LogP contribution >= 0.6 is 0 Å². The van der Waals surface area contributed by atoms with Gasteiger partial charge in [-0.15, -0.1) is 0 Å². The molecule has 30 heavy (non-hydrogen) atoms. The van der Waals surface area contributed by atoms with Crippen molar-refractivity contribution in [3.05, 3.63) is 95.8 Å². The van der Waals surface area contributed by atoms with Gasteiger partial charge in [0.2, 0.25) is 5.91 Å². The zero-order chi connectivity index (χ0) is 20.8. The van der Waals surface area contributed by atoms with Crippen LogP contribution in [0.4, 0.5) is 15.8 Å². The topological polar surface area (TPSA) is 35.6 Å². The molecule has 0 aromatic heterocycles. The summed E-state index contributed by atoms with van der Waals surface area (Å²) in [6, 6.07) is 24.6. The first-order valence-electron chi connectivity index (χ1n) is 10.3. The van der Waals surface area contributed by atoms with Crippen molar-refractivity contribution in [2.45, 2.75) is 13.0 Å². The molecule has 0 radical (unpaired) electrons. The number of para-hydroxylation sites is 1. The van der Waals surface area contributed by atoms with Gasteiger partial charge in [0.25, 0.3) is 0 Å². The maximum Gasteiger partial charge on any atom is 0.228 e. The van der Waals surface area contributed by atoms with Crippen molar-refractivity contribution in [1.82, 2.24) is 4.90 Å². The van der Waals surface area contributed by atoms with Crippen LogP contribution in [0.15, 0.2) is 78.9 Å². The van der Waals surface area contributed by atoms with E-state index in [-0.39, 0.29) is 18.1 Å². The van der Waals surface area contributed by atoms with Crippen molar-refractivity contribution < 1.29 is 9.18 Å². The summed E-state index contributed by atoms with van der Waals surface area (Å²) in [6.45, 7) is 5.03. The average molecular weight is 404 g/mol. The number of halogens is 1. The van der Waals surface area contributed by atoms with Crippen molar-refractivity contribution in [3.8, 4) is 0 Å². The number of nitrogens with zero attached hydrogens (tertiary/aromatic N) is 2. The number of benzene rings is 3. The van der Waals surface area contributed by atoms with Crippen LogP contribution < -0.4 is 10.2 Å². The quantitative estimate of drug-likeness (QED) is 0.666. The highest BCUT2D eigenvalue weighted by atomic mass is 19.1. The highest BCUT2D eigenvalue weighted by molar-refractivity contribution is 5.92. The van der Waals surface area contributed by atoms with E-state index in [2.05, 4.69) is 57.6 Å². The summed E-state index contributed by atoms with van der Waals surface area (Å²) >= 11 is 0. The number of amides is 1. The Morgan fingerprint density at radius 1 is 0.800 bits per heavy atom. The van der Waals surface area contributed by atoms with Crippen molar-refractivity contribution in [2.75, 3.05) is 36.4 Å². The third-order valence-corrected chi connectivity index (χ3v) is 5.42. The van der Waals surface area contributed by atoms with E-state index in [9.17, 15) is 9.18 Å². The summed E-state index contributed by atoms with van der Waals surface area (Å²) in [5, 5.41) is 2.91. The lowest BCUT2D eigenvalue weighted by molar-refractivity contribution is -0.115. The van der Waals surface area contributed by atoms with Crippen LogP contribution in [0.25, 0.3) is 0 Å². The second-order valence-corrected chi connectivity index (χ2v) is 7.65. The molecular weight excluding hydrogens is 377 g/mol. The lowest BCUT2D eigenvalue weighted by Gasteiger charge is -2.36. The Morgan fingerprint density at radius 3 is 2.10 bits per heavy atom. The van der Waals surface area contributed by atoms with E-state index in [1.54, 1.807) is 12.1 Å². The molecule has 0 unspecified atom stereocenters. The number of carbonyl (C=O) groups excluding carboxylic acids is 1.